The number of aliphatic hydroxyl groups is 2. The first-order chi connectivity index (χ1) is 12.1. The number of methoxy groups -OCH3 is 1. The van der Waals surface area contributed by atoms with E-state index < -0.39 is 6.10 Å². The third kappa shape index (κ3) is 2.87. The van der Waals surface area contributed by atoms with Crippen molar-refractivity contribution in [2.45, 2.75) is 61.9 Å². The van der Waals surface area contributed by atoms with Crippen molar-refractivity contribution in [1.29, 1.82) is 0 Å². The molecule has 4 rings (SSSR count). The molecule has 3 aliphatic rings. The monoisotopic (exact) mass is 346 g/mol. The highest BCUT2D eigenvalue weighted by atomic mass is 16.5. The summed E-state index contributed by atoms with van der Waals surface area (Å²) in [5.74, 6) is 0.858. The van der Waals surface area contributed by atoms with E-state index in [9.17, 15) is 10.2 Å². The Morgan fingerprint density at radius 3 is 2.68 bits per heavy atom. The van der Waals surface area contributed by atoms with Crippen LogP contribution in [0.5, 0.6) is 5.75 Å². The summed E-state index contributed by atoms with van der Waals surface area (Å²) in [7, 11) is 3.71. The number of rotatable bonds is 4. The van der Waals surface area contributed by atoms with Gasteiger partial charge in [0.05, 0.1) is 19.3 Å². The molecule has 6 atom stereocenters. The zero-order valence-electron chi connectivity index (χ0n) is 15.2. The van der Waals surface area contributed by atoms with E-state index in [1.54, 1.807) is 7.11 Å². The van der Waals surface area contributed by atoms with Gasteiger partial charge in [0.25, 0.3) is 0 Å². The highest BCUT2D eigenvalue weighted by molar-refractivity contribution is 5.28. The van der Waals surface area contributed by atoms with Crippen LogP contribution in [-0.4, -0.2) is 65.6 Å². The van der Waals surface area contributed by atoms with E-state index in [-0.39, 0.29) is 23.6 Å². The first kappa shape index (κ1) is 17.3. The molecule has 25 heavy (non-hydrogen) atoms. The highest BCUT2D eigenvalue weighted by Crippen LogP contribution is 2.51. The Kier molecular flexibility index (Phi) is 4.52. The quantitative estimate of drug-likeness (QED) is 0.764. The number of ether oxygens (including phenoxy) is 1. The molecule has 1 aliphatic carbocycles. The summed E-state index contributed by atoms with van der Waals surface area (Å²) >= 11 is 0. The normalized spacial score (nSPS) is 40.7. The number of benzene rings is 1. The summed E-state index contributed by atoms with van der Waals surface area (Å²) in [6, 6.07) is 8.68. The van der Waals surface area contributed by atoms with Crippen LogP contribution in [-0.2, 0) is 6.42 Å². The van der Waals surface area contributed by atoms with Gasteiger partial charge in [-0.25, -0.2) is 0 Å². The molecule has 1 saturated carbocycles. The van der Waals surface area contributed by atoms with Crippen LogP contribution in [0.25, 0.3) is 0 Å². The highest BCUT2D eigenvalue weighted by Gasteiger charge is 2.58. The maximum atomic E-state index is 11.1. The van der Waals surface area contributed by atoms with Gasteiger partial charge in [-0.1, -0.05) is 12.1 Å². The second-order valence-corrected chi connectivity index (χ2v) is 8.15. The molecule has 0 aromatic heterocycles. The lowest BCUT2D eigenvalue weighted by Crippen LogP contribution is -2.66. The molecule has 0 radical (unpaired) electrons. The third-order valence-corrected chi connectivity index (χ3v) is 6.91. The minimum absolute atomic E-state index is 0.00357. The summed E-state index contributed by atoms with van der Waals surface area (Å²) in [6.07, 6.45) is 3.87. The van der Waals surface area contributed by atoms with Crippen LogP contribution in [0, 0.1) is 5.92 Å². The summed E-state index contributed by atoms with van der Waals surface area (Å²) in [5.41, 5.74) is 1.36. The molecule has 1 aromatic rings. The number of hydrogen-bond acceptors (Lipinski definition) is 5. The van der Waals surface area contributed by atoms with Crippen LogP contribution in [0.15, 0.2) is 24.3 Å². The number of fused-ring (bicyclic) bond motifs is 1. The van der Waals surface area contributed by atoms with E-state index in [4.69, 9.17) is 4.74 Å². The van der Waals surface area contributed by atoms with Crippen molar-refractivity contribution >= 4 is 0 Å². The second-order valence-electron chi connectivity index (χ2n) is 8.15. The first-order valence-electron chi connectivity index (χ1n) is 9.49. The van der Waals surface area contributed by atoms with Gasteiger partial charge < -0.3 is 20.3 Å². The SMILES string of the molecule is CN[C@@H]1CN2[C@@H](Cc3ccc(OC)cc3)[C@@H](O)[C@H]3C[C@@]2(CC[C@H]3O)C1. The molecule has 3 fully saturated rings. The van der Waals surface area contributed by atoms with Gasteiger partial charge in [0.2, 0.25) is 0 Å². The molecule has 5 heteroatoms. The number of nitrogens with one attached hydrogen (secondary N) is 1. The molecule has 2 saturated heterocycles. The average Bonchev–Trinajstić information content (AvgIpc) is 3.00. The van der Waals surface area contributed by atoms with Gasteiger partial charge >= 0.3 is 0 Å². The van der Waals surface area contributed by atoms with Crippen LogP contribution >= 0.6 is 0 Å². The van der Waals surface area contributed by atoms with Crippen molar-refractivity contribution in [2.75, 3.05) is 20.7 Å². The fourth-order valence-electron chi connectivity index (χ4n) is 5.56. The van der Waals surface area contributed by atoms with Crippen LogP contribution in [0.4, 0.5) is 0 Å². The van der Waals surface area contributed by atoms with E-state index >= 15 is 0 Å². The Bertz CT molecular complexity index is 607. The van der Waals surface area contributed by atoms with Crippen LogP contribution in [0.3, 0.4) is 0 Å². The van der Waals surface area contributed by atoms with Crippen molar-refractivity contribution in [1.82, 2.24) is 10.2 Å². The number of nitrogens with zero attached hydrogens (tertiary/aromatic N) is 1. The minimum atomic E-state index is -0.471. The minimum Gasteiger partial charge on any atom is -0.497 e. The Morgan fingerprint density at radius 2 is 2.00 bits per heavy atom. The predicted octanol–water partition coefficient (Wildman–Crippen LogP) is 1.17. The summed E-state index contributed by atoms with van der Waals surface area (Å²) in [5, 5.41) is 25.0. The lowest BCUT2D eigenvalue weighted by Gasteiger charge is -2.57. The molecular formula is C20H30N2O3. The van der Waals surface area contributed by atoms with Gasteiger partial charge in [-0.2, -0.15) is 0 Å². The zero-order chi connectivity index (χ0) is 17.6. The fraction of sp³-hybridized carbons (Fsp3) is 0.700. The average molecular weight is 346 g/mol. The van der Waals surface area contributed by atoms with Crippen LogP contribution in [0.1, 0.15) is 31.2 Å². The first-order valence-corrected chi connectivity index (χ1v) is 9.49. The smallest absolute Gasteiger partial charge is 0.118 e. The van der Waals surface area contributed by atoms with Crippen molar-refractivity contribution in [2.24, 2.45) is 5.92 Å². The molecule has 1 aromatic carbocycles. The molecule has 2 heterocycles. The van der Waals surface area contributed by atoms with Gasteiger partial charge in [-0.05, 0) is 56.8 Å². The van der Waals surface area contributed by atoms with E-state index in [0.717, 1.165) is 44.4 Å². The van der Waals surface area contributed by atoms with Crippen molar-refractivity contribution < 1.29 is 14.9 Å². The van der Waals surface area contributed by atoms with E-state index in [1.807, 2.05) is 19.2 Å². The summed E-state index contributed by atoms with van der Waals surface area (Å²) in [4.78, 5) is 2.56. The molecule has 1 spiro atoms. The van der Waals surface area contributed by atoms with Gasteiger partial charge in [0.1, 0.15) is 5.75 Å². The molecule has 5 nitrogen and oxygen atoms in total. The molecule has 0 unspecified atom stereocenters. The Hall–Kier alpha value is -1.14. The topological polar surface area (TPSA) is 65.0 Å². The maximum Gasteiger partial charge on any atom is 0.118 e. The summed E-state index contributed by atoms with van der Waals surface area (Å²) in [6.45, 7) is 0.983. The number of hydrogen-bond donors (Lipinski definition) is 3. The molecule has 0 amide bonds. The van der Waals surface area contributed by atoms with E-state index in [0.29, 0.717) is 6.04 Å². The second kappa shape index (κ2) is 6.54. The molecule has 138 valence electrons. The van der Waals surface area contributed by atoms with Gasteiger partial charge in [-0.3, -0.25) is 4.90 Å². The third-order valence-electron chi connectivity index (χ3n) is 6.91. The standard InChI is InChI=1S/C20H30N2O3/c1-21-14-10-20-8-7-18(23)16(11-20)19(24)17(22(20)12-14)9-13-3-5-15(25-2)6-4-13/h3-6,14,16-19,21,23-24H,7-12H2,1-2H3/t14-,16-,17-,18+,19-,20+/m0/s1. The lowest BCUT2D eigenvalue weighted by atomic mass is 9.65. The van der Waals surface area contributed by atoms with Crippen molar-refractivity contribution in [3.8, 4) is 5.75 Å². The van der Waals surface area contributed by atoms with Gasteiger partial charge in [0, 0.05) is 30.1 Å². The van der Waals surface area contributed by atoms with Crippen molar-refractivity contribution in [3.63, 3.8) is 0 Å². The number of piperidine rings is 1. The molecule has 2 aliphatic heterocycles. The summed E-state index contributed by atoms with van der Waals surface area (Å²) < 4.78 is 5.25. The Balaban J connectivity index is 1.62. The number of likely N-dealkylation sites (N-methyl/N-ethyl adjacent to an activating group) is 1. The lowest BCUT2D eigenvalue weighted by molar-refractivity contribution is -0.146. The Labute approximate surface area is 150 Å². The Morgan fingerprint density at radius 1 is 1.24 bits per heavy atom. The number of aliphatic hydroxyl groups excluding tert-OH is 2. The van der Waals surface area contributed by atoms with Crippen LogP contribution in [0.2, 0.25) is 0 Å². The maximum absolute atomic E-state index is 11.1. The van der Waals surface area contributed by atoms with Crippen molar-refractivity contribution in [3.05, 3.63) is 29.8 Å². The van der Waals surface area contributed by atoms with Gasteiger partial charge in [-0.15, -0.1) is 0 Å². The van der Waals surface area contributed by atoms with E-state index in [1.165, 1.54) is 5.56 Å². The van der Waals surface area contributed by atoms with Gasteiger partial charge in [0.15, 0.2) is 0 Å². The predicted molar refractivity (Wildman–Crippen MR) is 96.7 cm³/mol. The van der Waals surface area contributed by atoms with Crippen LogP contribution < -0.4 is 10.1 Å². The largest absolute Gasteiger partial charge is 0.497 e. The van der Waals surface area contributed by atoms with E-state index in [2.05, 4.69) is 22.3 Å². The zero-order valence-corrected chi connectivity index (χ0v) is 15.2. The molecular weight excluding hydrogens is 316 g/mol. The molecule has 3 N–H and O–H groups in total. The fourth-order valence-corrected chi connectivity index (χ4v) is 5.56. The molecule has 2 bridgehead atoms.